The lowest BCUT2D eigenvalue weighted by Gasteiger charge is -2.20. The van der Waals surface area contributed by atoms with Gasteiger partial charge in [-0.05, 0) is 12.1 Å². The van der Waals surface area contributed by atoms with Crippen LogP contribution in [-0.4, -0.2) is 28.2 Å². The molecule has 1 rings (SSSR count). The van der Waals surface area contributed by atoms with Gasteiger partial charge in [0.2, 0.25) is 0 Å². The van der Waals surface area contributed by atoms with Crippen LogP contribution in [0.2, 0.25) is 0 Å². The minimum atomic E-state index is -4.49. The first-order valence-electron chi connectivity index (χ1n) is 4.80. The Morgan fingerprint density at radius 3 is 2.00 bits per heavy atom. The van der Waals surface area contributed by atoms with Crippen molar-refractivity contribution in [3.05, 3.63) is 18.2 Å². The molecule has 0 aliphatic heterocycles. The van der Waals surface area contributed by atoms with Crippen LogP contribution in [0.3, 0.4) is 0 Å². The van der Waals surface area contributed by atoms with E-state index < -0.39 is 10.2 Å². The van der Waals surface area contributed by atoms with E-state index in [1.807, 2.05) is 0 Å². The zero-order valence-corrected chi connectivity index (χ0v) is 10.9. The van der Waals surface area contributed by atoms with E-state index in [0.29, 0.717) is 5.69 Å². The molecule has 7 heteroatoms. The van der Waals surface area contributed by atoms with Gasteiger partial charge in [-0.1, -0.05) is 4.29 Å². The van der Waals surface area contributed by atoms with Gasteiger partial charge in [0, 0.05) is 39.9 Å². The average Bonchev–Trinajstić information content (AvgIpc) is 2.14. The monoisotopic (exact) mass is 262 g/mol. The van der Waals surface area contributed by atoms with Gasteiger partial charge in [0.1, 0.15) is 10.2 Å². The Bertz CT molecular complexity index is 390. The third kappa shape index (κ3) is 3.94. The van der Waals surface area contributed by atoms with Crippen molar-refractivity contribution < 1.29 is 28.5 Å². The van der Waals surface area contributed by atoms with E-state index in [0.717, 1.165) is 5.69 Å². The topological polar surface area (TPSA) is 84.9 Å². The summed E-state index contributed by atoms with van der Waals surface area (Å²) in [6, 6.07) is 4.99. The van der Waals surface area contributed by atoms with E-state index >= 15 is 0 Å². The molecule has 0 aromatic heterocycles. The Hall–Kier alpha value is -1.21. The molecule has 0 fully saturated rings. The minimum Gasteiger partial charge on any atom is -0.378 e. The van der Waals surface area contributed by atoms with Crippen LogP contribution in [0.5, 0.6) is 5.75 Å². The van der Waals surface area contributed by atoms with Gasteiger partial charge in [0.15, 0.2) is 0 Å². The summed E-state index contributed by atoms with van der Waals surface area (Å²) in [7, 11) is 2.57. The lowest BCUT2D eigenvalue weighted by Crippen LogP contribution is -2.63. The van der Waals surface area contributed by atoms with Gasteiger partial charge in [-0.15, -0.1) is 0 Å². The second-order valence-electron chi connectivity index (χ2n) is 3.90. The second-order valence-corrected chi connectivity index (χ2v) is 4.81. The van der Waals surface area contributed by atoms with Crippen LogP contribution in [0.4, 0.5) is 11.4 Å². The predicted octanol–water partition coefficient (Wildman–Crippen LogP) is -1.91. The molecule has 0 aliphatic carbocycles. The summed E-state index contributed by atoms with van der Waals surface area (Å²) in [4.78, 5) is 3.44. The predicted molar refractivity (Wildman–Crippen MR) is 55.7 cm³/mol. The van der Waals surface area contributed by atoms with Crippen molar-refractivity contribution in [1.29, 1.82) is 0 Å². The highest BCUT2D eigenvalue weighted by molar-refractivity contribution is 5.64. The molecule has 1 aromatic carbocycles. The molecule has 0 N–H and O–H groups in total. The maximum atomic E-state index is 10.6. The molecule has 1 aromatic rings. The molecule has 17 heavy (non-hydrogen) atoms. The summed E-state index contributed by atoms with van der Waals surface area (Å²) in [5, 5.41) is 0. The third-order valence-electron chi connectivity index (χ3n) is 2.12. The molecule has 0 heterocycles. The molecular weight excluding hydrogens is 248 g/mol. The van der Waals surface area contributed by atoms with Gasteiger partial charge in [0.25, 0.3) is 0 Å². The fourth-order valence-electron chi connectivity index (χ4n) is 1.31. The van der Waals surface area contributed by atoms with E-state index in [-0.39, 0.29) is 5.75 Å². The van der Waals surface area contributed by atoms with E-state index in [2.05, 4.69) is 4.29 Å². The number of halogens is 1. The fourth-order valence-corrected chi connectivity index (χ4v) is 1.64. The van der Waals surface area contributed by atoms with Crippen LogP contribution in [0.1, 0.15) is 0 Å². The minimum absolute atomic E-state index is 0.0119. The van der Waals surface area contributed by atoms with Crippen molar-refractivity contribution in [1.82, 2.24) is 0 Å². The molecular formula is C10H15ClN2O4. The summed E-state index contributed by atoms with van der Waals surface area (Å²) in [5.74, 6) is 0.0119. The van der Waals surface area contributed by atoms with E-state index in [4.69, 9.17) is 0 Å². The van der Waals surface area contributed by atoms with E-state index in [1.54, 1.807) is 50.1 Å². The molecule has 0 aliphatic rings. The summed E-state index contributed by atoms with van der Waals surface area (Å²) in [6.07, 6.45) is 0. The van der Waals surface area contributed by atoms with Crippen LogP contribution >= 0.6 is 0 Å². The number of hydrogen-bond acceptors (Lipinski definition) is 6. The molecule has 0 saturated carbocycles. The van der Waals surface area contributed by atoms with Crippen molar-refractivity contribution in [2.24, 2.45) is 0 Å². The first-order valence-corrected chi connectivity index (χ1v) is 6.03. The van der Waals surface area contributed by atoms with E-state index in [1.165, 1.54) is 6.07 Å². The van der Waals surface area contributed by atoms with Crippen LogP contribution in [0.25, 0.3) is 0 Å². The van der Waals surface area contributed by atoms with Gasteiger partial charge in [-0.2, -0.15) is 14.0 Å². The summed E-state index contributed by atoms with van der Waals surface area (Å²) >= 11 is 0. The lowest BCUT2D eigenvalue weighted by atomic mass is 10.2. The Morgan fingerprint density at radius 1 is 1.00 bits per heavy atom. The number of rotatable bonds is 4. The Balaban J connectivity index is 3.16. The molecule has 0 bridgehead atoms. The third-order valence-corrected chi connectivity index (χ3v) is 2.47. The number of nitrogens with zero attached hydrogens (tertiary/aromatic N) is 2. The first-order chi connectivity index (χ1) is 7.70. The fraction of sp³-hybridized carbons (Fsp3) is 0.400. The number of anilines is 2. The smallest absolute Gasteiger partial charge is 0.313 e. The molecule has 0 spiro atoms. The Labute approximate surface area is 102 Å². The van der Waals surface area contributed by atoms with Crippen molar-refractivity contribution in [3.63, 3.8) is 0 Å². The molecule has 0 atom stereocenters. The molecule has 6 nitrogen and oxygen atoms in total. The van der Waals surface area contributed by atoms with E-state index in [9.17, 15) is 14.0 Å². The largest absolute Gasteiger partial charge is 0.378 e. The van der Waals surface area contributed by atoms with Crippen molar-refractivity contribution in [2.45, 2.75) is 0 Å². The van der Waals surface area contributed by atoms with Crippen LogP contribution in [0, 0.1) is 10.2 Å². The second kappa shape index (κ2) is 4.97. The average molecular weight is 263 g/mol. The quantitative estimate of drug-likeness (QED) is 0.630. The molecule has 0 amide bonds. The Kier molecular flexibility index (Phi) is 4.05. The van der Waals surface area contributed by atoms with Gasteiger partial charge in [-0.3, -0.25) is 0 Å². The van der Waals surface area contributed by atoms with Crippen LogP contribution in [0.15, 0.2) is 18.2 Å². The molecule has 0 radical (unpaired) electrons. The van der Waals surface area contributed by atoms with Crippen LogP contribution in [-0.2, 0) is 0 Å². The highest BCUT2D eigenvalue weighted by Gasteiger charge is 2.24. The molecule has 96 valence electrons. The van der Waals surface area contributed by atoms with Gasteiger partial charge < -0.3 is 9.80 Å². The summed E-state index contributed by atoms with van der Waals surface area (Å²) in [6.45, 7) is 0. The van der Waals surface area contributed by atoms with Gasteiger partial charge in [0.05, 0.1) is 5.69 Å². The highest BCUT2D eigenvalue weighted by Crippen LogP contribution is 2.32. The van der Waals surface area contributed by atoms with Gasteiger partial charge in [-0.25, -0.2) is 0 Å². The molecule has 0 unspecified atom stereocenters. The van der Waals surface area contributed by atoms with Crippen molar-refractivity contribution in [2.75, 3.05) is 38.0 Å². The normalized spacial score (nSPS) is 11.2. The Morgan fingerprint density at radius 2 is 1.59 bits per heavy atom. The zero-order chi connectivity index (χ0) is 13.2. The zero-order valence-electron chi connectivity index (χ0n) is 10.1. The highest BCUT2D eigenvalue weighted by atomic mass is 35.7. The maximum Gasteiger partial charge on any atom is 0.313 e. The number of benzene rings is 1. The summed E-state index contributed by atoms with van der Waals surface area (Å²) < 4.78 is 36.3. The first kappa shape index (κ1) is 13.9. The summed E-state index contributed by atoms with van der Waals surface area (Å²) in [5.41, 5.74) is 1.26. The molecule has 0 saturated heterocycles. The lowest BCUT2D eigenvalue weighted by molar-refractivity contribution is -1.91. The van der Waals surface area contributed by atoms with Crippen LogP contribution < -0.4 is 28.1 Å². The maximum absolute atomic E-state index is 10.6. The van der Waals surface area contributed by atoms with Gasteiger partial charge >= 0.3 is 5.75 Å². The van der Waals surface area contributed by atoms with Crippen molar-refractivity contribution in [3.8, 4) is 5.75 Å². The standard InChI is InChI=1S/C10H15ClN2O4/c1-12(2)8-5-6-9(13(3)4)10(7-8)17-11(14,15)16/h5-7H,1-4H3. The SMILES string of the molecule is CN(C)c1ccc(N(C)C)c(O[Cl+3]([O-])([O-])[O-])c1. The van der Waals surface area contributed by atoms with Crippen molar-refractivity contribution >= 4 is 11.4 Å². The number of hydrogen-bond donors (Lipinski definition) is 0.